The van der Waals surface area contributed by atoms with Gasteiger partial charge in [0.15, 0.2) is 11.5 Å². The minimum absolute atomic E-state index is 0.242. The van der Waals surface area contributed by atoms with Crippen LogP contribution in [0.4, 0.5) is 10.5 Å². The molecule has 132 valence electrons. The third kappa shape index (κ3) is 3.87. The Morgan fingerprint density at radius 1 is 1.00 bits per heavy atom. The Kier molecular flexibility index (Phi) is 4.57. The molecule has 0 aromatic heterocycles. The predicted octanol–water partition coefficient (Wildman–Crippen LogP) is 4.13. The van der Waals surface area contributed by atoms with E-state index in [1.165, 1.54) is 0 Å². The summed E-state index contributed by atoms with van der Waals surface area (Å²) in [5.41, 5.74) is 3.34. The van der Waals surface area contributed by atoms with Gasteiger partial charge in [0.1, 0.15) is 13.2 Å². The van der Waals surface area contributed by atoms with Gasteiger partial charge in [0.2, 0.25) is 0 Å². The van der Waals surface area contributed by atoms with Gasteiger partial charge in [0.05, 0.1) is 5.54 Å². The highest BCUT2D eigenvalue weighted by atomic mass is 16.6. The number of ether oxygens (including phenoxy) is 2. The van der Waals surface area contributed by atoms with Gasteiger partial charge in [-0.05, 0) is 62.6 Å². The minimum atomic E-state index is -0.558. The van der Waals surface area contributed by atoms with E-state index >= 15 is 0 Å². The predicted molar refractivity (Wildman–Crippen MR) is 98.5 cm³/mol. The molecule has 2 aromatic rings. The molecular formula is C20H24N2O3. The van der Waals surface area contributed by atoms with Crippen LogP contribution in [0.25, 0.3) is 0 Å². The van der Waals surface area contributed by atoms with Crippen molar-refractivity contribution >= 4 is 11.7 Å². The fourth-order valence-electron chi connectivity index (χ4n) is 2.81. The molecule has 0 spiro atoms. The Hall–Kier alpha value is -2.69. The Morgan fingerprint density at radius 3 is 2.48 bits per heavy atom. The van der Waals surface area contributed by atoms with Crippen LogP contribution >= 0.6 is 0 Å². The first-order chi connectivity index (χ1) is 11.8. The maximum absolute atomic E-state index is 12.5. The second-order valence-corrected chi connectivity index (χ2v) is 6.88. The van der Waals surface area contributed by atoms with Gasteiger partial charge in [-0.15, -0.1) is 0 Å². The molecule has 5 nitrogen and oxygen atoms in total. The monoisotopic (exact) mass is 340 g/mol. The van der Waals surface area contributed by atoms with E-state index in [-0.39, 0.29) is 6.03 Å². The molecule has 25 heavy (non-hydrogen) atoms. The summed E-state index contributed by atoms with van der Waals surface area (Å²) in [6.07, 6.45) is 0. The number of aryl methyl sites for hydroxylation is 2. The van der Waals surface area contributed by atoms with Crippen molar-refractivity contribution < 1.29 is 14.3 Å². The third-order valence-corrected chi connectivity index (χ3v) is 4.33. The summed E-state index contributed by atoms with van der Waals surface area (Å²) in [5, 5.41) is 5.96. The summed E-state index contributed by atoms with van der Waals surface area (Å²) in [4.78, 5) is 12.5. The molecule has 1 aliphatic heterocycles. The molecule has 0 fully saturated rings. The van der Waals surface area contributed by atoms with E-state index in [9.17, 15) is 4.79 Å². The summed E-state index contributed by atoms with van der Waals surface area (Å²) in [6, 6.07) is 11.5. The lowest BCUT2D eigenvalue weighted by atomic mass is 9.94. The number of hydrogen-bond acceptors (Lipinski definition) is 3. The van der Waals surface area contributed by atoms with Crippen molar-refractivity contribution in [1.29, 1.82) is 0 Å². The number of benzene rings is 2. The maximum atomic E-state index is 12.5. The lowest BCUT2D eigenvalue weighted by molar-refractivity contribution is 0.171. The summed E-state index contributed by atoms with van der Waals surface area (Å²) in [6.45, 7) is 8.99. The van der Waals surface area contributed by atoms with Gasteiger partial charge in [-0.3, -0.25) is 0 Å². The molecule has 2 amide bonds. The Bertz CT molecular complexity index is 800. The second-order valence-electron chi connectivity index (χ2n) is 6.88. The van der Waals surface area contributed by atoms with Crippen molar-refractivity contribution in [3.05, 3.63) is 53.1 Å². The van der Waals surface area contributed by atoms with Crippen molar-refractivity contribution in [3.63, 3.8) is 0 Å². The molecule has 0 aliphatic carbocycles. The zero-order chi connectivity index (χ0) is 18.0. The highest BCUT2D eigenvalue weighted by Gasteiger charge is 2.25. The van der Waals surface area contributed by atoms with Gasteiger partial charge >= 0.3 is 6.03 Å². The lowest BCUT2D eigenvalue weighted by Gasteiger charge is -2.29. The van der Waals surface area contributed by atoms with Crippen LogP contribution in [0.3, 0.4) is 0 Å². The summed E-state index contributed by atoms with van der Waals surface area (Å²) in [5.74, 6) is 1.46. The quantitative estimate of drug-likeness (QED) is 0.883. The Labute approximate surface area is 148 Å². The van der Waals surface area contributed by atoms with Gasteiger partial charge in [0.25, 0.3) is 0 Å². The molecule has 0 radical (unpaired) electrons. The smallest absolute Gasteiger partial charge is 0.319 e. The Balaban J connectivity index is 1.74. The summed E-state index contributed by atoms with van der Waals surface area (Å²) >= 11 is 0. The highest BCUT2D eigenvalue weighted by molar-refractivity contribution is 5.90. The molecular weight excluding hydrogens is 316 g/mol. The molecule has 0 atom stereocenters. The molecule has 0 saturated heterocycles. The number of urea groups is 1. The van der Waals surface area contributed by atoms with E-state index in [0.29, 0.717) is 19.0 Å². The number of rotatable bonds is 3. The largest absolute Gasteiger partial charge is 0.486 e. The fraction of sp³-hybridized carbons (Fsp3) is 0.350. The molecule has 2 aromatic carbocycles. The first-order valence-electron chi connectivity index (χ1n) is 8.42. The maximum Gasteiger partial charge on any atom is 0.319 e. The Morgan fingerprint density at radius 2 is 1.72 bits per heavy atom. The molecule has 2 N–H and O–H groups in total. The van der Waals surface area contributed by atoms with Crippen LogP contribution in [0.5, 0.6) is 11.5 Å². The second kappa shape index (κ2) is 6.67. The minimum Gasteiger partial charge on any atom is -0.486 e. The number of amides is 2. The van der Waals surface area contributed by atoms with Crippen LogP contribution in [-0.2, 0) is 5.54 Å². The van der Waals surface area contributed by atoms with Crippen LogP contribution in [-0.4, -0.2) is 19.2 Å². The molecule has 1 heterocycles. The van der Waals surface area contributed by atoms with Crippen molar-refractivity contribution in [3.8, 4) is 11.5 Å². The number of nitrogens with one attached hydrogen (secondary N) is 2. The number of anilines is 1. The van der Waals surface area contributed by atoms with E-state index in [4.69, 9.17) is 9.47 Å². The van der Waals surface area contributed by atoms with Gasteiger partial charge in [-0.1, -0.05) is 18.2 Å². The molecule has 0 saturated carbocycles. The molecule has 0 bridgehead atoms. The summed E-state index contributed by atoms with van der Waals surface area (Å²) in [7, 11) is 0. The molecule has 3 rings (SSSR count). The van der Waals surface area contributed by atoms with Crippen molar-refractivity contribution in [2.75, 3.05) is 18.5 Å². The van der Waals surface area contributed by atoms with E-state index in [1.54, 1.807) is 0 Å². The number of carbonyl (C=O) groups is 1. The zero-order valence-electron chi connectivity index (χ0n) is 15.1. The first kappa shape index (κ1) is 17.1. The third-order valence-electron chi connectivity index (χ3n) is 4.33. The average molecular weight is 340 g/mol. The van der Waals surface area contributed by atoms with E-state index < -0.39 is 5.54 Å². The number of fused-ring (bicyclic) bond motifs is 1. The SMILES string of the molecule is Cc1ccc(C)c(NC(=O)NC(C)(C)c2ccc3c(c2)OCCO3)c1. The van der Waals surface area contributed by atoms with Crippen LogP contribution in [0.2, 0.25) is 0 Å². The summed E-state index contributed by atoms with van der Waals surface area (Å²) < 4.78 is 11.2. The van der Waals surface area contributed by atoms with Gasteiger partial charge in [-0.2, -0.15) is 0 Å². The van der Waals surface area contributed by atoms with Crippen LogP contribution in [0, 0.1) is 13.8 Å². The van der Waals surface area contributed by atoms with Crippen LogP contribution in [0.15, 0.2) is 36.4 Å². The van der Waals surface area contributed by atoms with E-state index in [2.05, 4.69) is 10.6 Å². The molecule has 5 heteroatoms. The average Bonchev–Trinajstić information content (AvgIpc) is 2.57. The fourth-order valence-corrected chi connectivity index (χ4v) is 2.81. The van der Waals surface area contributed by atoms with Crippen LogP contribution < -0.4 is 20.1 Å². The molecule has 1 aliphatic rings. The van der Waals surface area contributed by atoms with Crippen molar-refractivity contribution in [2.24, 2.45) is 0 Å². The number of hydrogen-bond donors (Lipinski definition) is 2. The topological polar surface area (TPSA) is 59.6 Å². The van der Waals surface area contributed by atoms with Gasteiger partial charge < -0.3 is 20.1 Å². The molecule has 0 unspecified atom stereocenters. The zero-order valence-corrected chi connectivity index (χ0v) is 15.1. The standard InChI is InChI=1S/C20H24N2O3/c1-13-5-6-14(2)16(11-13)21-19(23)22-20(3,4)15-7-8-17-18(12-15)25-10-9-24-17/h5-8,11-12H,9-10H2,1-4H3,(H2,21,22,23). The number of carbonyl (C=O) groups excluding carboxylic acids is 1. The van der Waals surface area contributed by atoms with Gasteiger partial charge in [-0.25, -0.2) is 4.79 Å². The first-order valence-corrected chi connectivity index (χ1v) is 8.42. The van der Waals surface area contributed by atoms with Crippen molar-refractivity contribution in [2.45, 2.75) is 33.2 Å². The highest BCUT2D eigenvalue weighted by Crippen LogP contribution is 2.34. The van der Waals surface area contributed by atoms with E-state index in [1.807, 2.05) is 64.1 Å². The normalized spacial score (nSPS) is 13.3. The van der Waals surface area contributed by atoms with Crippen molar-refractivity contribution in [1.82, 2.24) is 5.32 Å². The lowest BCUT2D eigenvalue weighted by Crippen LogP contribution is -2.43. The van der Waals surface area contributed by atoms with Gasteiger partial charge in [0, 0.05) is 5.69 Å². The van der Waals surface area contributed by atoms with E-state index in [0.717, 1.165) is 28.1 Å². The van der Waals surface area contributed by atoms with Crippen LogP contribution in [0.1, 0.15) is 30.5 Å².